The number of nitrogens with two attached hydrogens (primary N) is 1. The molecule has 36 heavy (non-hydrogen) atoms. The summed E-state index contributed by atoms with van der Waals surface area (Å²) in [4.78, 5) is 78.3. The van der Waals surface area contributed by atoms with E-state index in [1.54, 1.807) is 13.8 Å². The van der Waals surface area contributed by atoms with Crippen LogP contribution in [-0.4, -0.2) is 85.1 Å². The van der Waals surface area contributed by atoms with Crippen molar-refractivity contribution in [1.29, 1.82) is 0 Å². The van der Waals surface area contributed by atoms with Crippen molar-refractivity contribution in [2.45, 2.75) is 70.1 Å². The summed E-state index contributed by atoms with van der Waals surface area (Å²) in [5, 5.41) is 34.3. The minimum Gasteiger partial charge on any atom is -0.481 e. The third-order valence-corrected chi connectivity index (χ3v) is 5.40. The molecule has 0 aliphatic rings. The Labute approximate surface area is 206 Å². The van der Waals surface area contributed by atoms with Crippen molar-refractivity contribution in [3.8, 4) is 0 Å². The highest BCUT2D eigenvalue weighted by Crippen LogP contribution is 2.10. The fourth-order valence-electron chi connectivity index (χ4n) is 3.13. The Morgan fingerprint density at radius 1 is 0.972 bits per heavy atom. The quantitative estimate of drug-likeness (QED) is 0.123. The maximum Gasteiger partial charge on any atom is 0.326 e. The summed E-state index contributed by atoms with van der Waals surface area (Å²) in [6.07, 6.45) is 1.43. The minimum atomic E-state index is -1.50. The number of carbonyl (C=O) groups is 6. The molecule has 0 aliphatic heterocycles. The molecule has 3 amide bonds. The molecule has 0 radical (unpaired) electrons. The first-order chi connectivity index (χ1) is 16.8. The van der Waals surface area contributed by atoms with Crippen LogP contribution in [0.15, 0.2) is 12.5 Å². The number of rotatable bonds is 16. The molecule has 200 valence electrons. The van der Waals surface area contributed by atoms with Gasteiger partial charge in [0.05, 0.1) is 18.8 Å². The lowest BCUT2D eigenvalue weighted by molar-refractivity contribution is -0.143. The zero-order chi connectivity index (χ0) is 27.4. The maximum atomic E-state index is 13.0. The van der Waals surface area contributed by atoms with E-state index in [4.69, 9.17) is 15.9 Å². The molecular weight excluding hydrogens is 480 g/mol. The SMILES string of the molecule is CCC(C)C(NC(=O)C(Cc1cnc[nH]1)NC(=O)C(CCC(=O)O)NC(=O)C(N)CC(=O)O)C(=O)O. The predicted molar refractivity (Wildman–Crippen MR) is 122 cm³/mol. The van der Waals surface area contributed by atoms with Crippen LogP contribution < -0.4 is 21.7 Å². The van der Waals surface area contributed by atoms with Gasteiger partial charge < -0.3 is 42.0 Å². The second kappa shape index (κ2) is 14.4. The number of aromatic amines is 1. The highest BCUT2D eigenvalue weighted by Gasteiger charge is 2.32. The lowest BCUT2D eigenvalue weighted by atomic mass is 9.98. The molecule has 1 aromatic rings. The fourth-order valence-corrected chi connectivity index (χ4v) is 3.13. The molecule has 15 nitrogen and oxygen atoms in total. The van der Waals surface area contributed by atoms with Crippen molar-refractivity contribution < 1.29 is 44.1 Å². The zero-order valence-corrected chi connectivity index (χ0v) is 19.9. The van der Waals surface area contributed by atoms with Gasteiger partial charge in [-0.1, -0.05) is 20.3 Å². The normalized spacial score (nSPS) is 15.0. The van der Waals surface area contributed by atoms with Gasteiger partial charge in [-0.2, -0.15) is 0 Å². The molecule has 5 unspecified atom stereocenters. The topological polar surface area (TPSA) is 254 Å². The zero-order valence-electron chi connectivity index (χ0n) is 19.9. The summed E-state index contributed by atoms with van der Waals surface area (Å²) < 4.78 is 0. The molecule has 0 bridgehead atoms. The Hall–Kier alpha value is -4.01. The van der Waals surface area contributed by atoms with Gasteiger partial charge in [0.25, 0.3) is 0 Å². The van der Waals surface area contributed by atoms with Crippen LogP contribution in [0.2, 0.25) is 0 Å². The predicted octanol–water partition coefficient (Wildman–Crippen LogP) is -1.80. The van der Waals surface area contributed by atoms with Crippen LogP contribution in [0.5, 0.6) is 0 Å². The van der Waals surface area contributed by atoms with E-state index < -0.39 is 78.6 Å². The van der Waals surface area contributed by atoms with E-state index in [-0.39, 0.29) is 12.8 Å². The van der Waals surface area contributed by atoms with Crippen LogP contribution in [-0.2, 0) is 35.2 Å². The average molecular weight is 513 g/mol. The fraction of sp³-hybridized carbons (Fsp3) is 0.571. The summed E-state index contributed by atoms with van der Waals surface area (Å²) in [6, 6.07) is -5.52. The number of imidazole rings is 1. The van der Waals surface area contributed by atoms with Crippen molar-refractivity contribution in [2.24, 2.45) is 11.7 Å². The number of amides is 3. The van der Waals surface area contributed by atoms with Crippen LogP contribution in [0.4, 0.5) is 0 Å². The molecular formula is C21H32N6O9. The van der Waals surface area contributed by atoms with E-state index in [1.165, 1.54) is 12.5 Å². The van der Waals surface area contributed by atoms with Crippen LogP contribution in [0.1, 0.15) is 45.2 Å². The van der Waals surface area contributed by atoms with Crippen molar-refractivity contribution in [1.82, 2.24) is 25.9 Å². The standard InChI is InChI=1S/C21H32N6O9/c1-3-10(2)17(21(35)36)27-20(34)14(6-11-8-23-9-24-11)26-19(33)13(4-5-15(28)29)25-18(32)12(22)7-16(30)31/h8-10,12-14,17H,3-7,22H2,1-2H3,(H,23,24)(H,25,32)(H,26,33)(H,27,34)(H,28,29)(H,30,31)(H,35,36). The monoisotopic (exact) mass is 512 g/mol. The Kier molecular flexibility index (Phi) is 12.0. The Bertz CT molecular complexity index is 936. The number of aliphatic carboxylic acids is 3. The van der Waals surface area contributed by atoms with Gasteiger partial charge in [-0.3, -0.25) is 24.0 Å². The van der Waals surface area contributed by atoms with E-state index >= 15 is 0 Å². The summed E-state index contributed by atoms with van der Waals surface area (Å²) in [5.41, 5.74) is 5.95. The number of H-pyrrole nitrogens is 1. The molecule has 9 N–H and O–H groups in total. The van der Waals surface area contributed by atoms with Crippen LogP contribution in [0.3, 0.4) is 0 Å². The average Bonchev–Trinajstić information content (AvgIpc) is 3.31. The van der Waals surface area contributed by atoms with Crippen molar-refractivity contribution >= 4 is 35.6 Å². The highest BCUT2D eigenvalue weighted by atomic mass is 16.4. The summed E-state index contributed by atoms with van der Waals surface area (Å²) in [7, 11) is 0. The lowest BCUT2D eigenvalue weighted by Crippen LogP contribution is -2.58. The van der Waals surface area contributed by atoms with Gasteiger partial charge in [-0.25, -0.2) is 9.78 Å². The summed E-state index contributed by atoms with van der Waals surface area (Å²) >= 11 is 0. The Morgan fingerprint density at radius 3 is 2.08 bits per heavy atom. The van der Waals surface area contributed by atoms with Crippen LogP contribution in [0, 0.1) is 5.92 Å². The summed E-state index contributed by atoms with van der Waals surface area (Å²) in [5.74, 6) is -7.06. The van der Waals surface area contributed by atoms with E-state index in [1.807, 2.05) is 0 Å². The van der Waals surface area contributed by atoms with Gasteiger partial charge in [0.1, 0.15) is 18.1 Å². The van der Waals surface area contributed by atoms with E-state index in [9.17, 15) is 33.9 Å². The van der Waals surface area contributed by atoms with Crippen LogP contribution >= 0.6 is 0 Å². The largest absolute Gasteiger partial charge is 0.481 e. The molecule has 1 rings (SSSR count). The van der Waals surface area contributed by atoms with E-state index in [0.717, 1.165) is 0 Å². The molecule has 0 aromatic carbocycles. The Morgan fingerprint density at radius 2 is 1.58 bits per heavy atom. The second-order valence-electron chi connectivity index (χ2n) is 8.25. The molecule has 0 saturated carbocycles. The number of hydrogen-bond acceptors (Lipinski definition) is 8. The molecule has 15 heteroatoms. The first-order valence-corrected chi connectivity index (χ1v) is 11.2. The van der Waals surface area contributed by atoms with Gasteiger partial charge in [0.2, 0.25) is 17.7 Å². The van der Waals surface area contributed by atoms with Gasteiger partial charge in [0, 0.05) is 24.7 Å². The van der Waals surface area contributed by atoms with Gasteiger partial charge >= 0.3 is 17.9 Å². The first kappa shape index (κ1) is 30.0. The Balaban J connectivity index is 3.12. The minimum absolute atomic E-state index is 0.122. The molecule has 0 aliphatic carbocycles. The molecule has 0 spiro atoms. The molecule has 1 heterocycles. The lowest BCUT2D eigenvalue weighted by Gasteiger charge is -2.26. The number of carboxylic acids is 3. The molecule has 1 aromatic heterocycles. The maximum absolute atomic E-state index is 13.0. The van der Waals surface area contributed by atoms with Crippen molar-refractivity contribution in [2.75, 3.05) is 0 Å². The van der Waals surface area contributed by atoms with E-state index in [2.05, 4.69) is 25.9 Å². The van der Waals surface area contributed by atoms with Crippen molar-refractivity contribution in [3.05, 3.63) is 18.2 Å². The van der Waals surface area contributed by atoms with Gasteiger partial charge in [0.15, 0.2) is 0 Å². The van der Waals surface area contributed by atoms with Crippen molar-refractivity contribution in [3.63, 3.8) is 0 Å². The third kappa shape index (κ3) is 10.1. The second-order valence-corrected chi connectivity index (χ2v) is 8.25. The smallest absolute Gasteiger partial charge is 0.326 e. The number of nitrogens with one attached hydrogen (secondary N) is 4. The number of aromatic nitrogens is 2. The molecule has 5 atom stereocenters. The first-order valence-electron chi connectivity index (χ1n) is 11.2. The van der Waals surface area contributed by atoms with E-state index in [0.29, 0.717) is 12.1 Å². The number of carboxylic acid groups (broad SMARTS) is 3. The summed E-state index contributed by atoms with van der Waals surface area (Å²) in [6.45, 7) is 3.39. The van der Waals surface area contributed by atoms with Crippen LogP contribution in [0.25, 0.3) is 0 Å². The van der Waals surface area contributed by atoms with Gasteiger partial charge in [-0.15, -0.1) is 0 Å². The van der Waals surface area contributed by atoms with Gasteiger partial charge in [-0.05, 0) is 12.3 Å². The molecule has 0 saturated heterocycles. The molecule has 0 fully saturated rings. The highest BCUT2D eigenvalue weighted by molar-refractivity contribution is 5.95. The number of carbonyl (C=O) groups excluding carboxylic acids is 3. The number of nitrogens with zero attached hydrogens (tertiary/aromatic N) is 1. The number of hydrogen-bond donors (Lipinski definition) is 8. The third-order valence-electron chi connectivity index (χ3n) is 5.40.